The van der Waals surface area contributed by atoms with E-state index >= 15 is 0 Å². The van der Waals surface area contributed by atoms with Crippen molar-refractivity contribution >= 4 is 11.6 Å². The van der Waals surface area contributed by atoms with Gasteiger partial charge in [-0.05, 0) is 30.2 Å². The Kier molecular flexibility index (Phi) is 5.74. The second kappa shape index (κ2) is 8.39. The van der Waals surface area contributed by atoms with Crippen LogP contribution < -0.4 is 20.3 Å². The summed E-state index contributed by atoms with van der Waals surface area (Å²) in [6, 6.07) is 15.7. The number of nitrogens with one attached hydrogen (secondary N) is 1. The van der Waals surface area contributed by atoms with Crippen LogP contribution in [0.2, 0.25) is 0 Å². The Morgan fingerprint density at radius 2 is 1.71 bits per heavy atom. The van der Waals surface area contributed by atoms with Crippen LogP contribution in [-0.4, -0.2) is 29.9 Å². The van der Waals surface area contributed by atoms with Gasteiger partial charge in [0.25, 0.3) is 11.5 Å². The van der Waals surface area contributed by atoms with Gasteiger partial charge in [-0.2, -0.15) is 5.10 Å². The number of aryl methyl sites for hydroxylation is 1. The topological polar surface area (TPSA) is 82.5 Å². The molecule has 0 atom stereocenters. The van der Waals surface area contributed by atoms with Crippen LogP contribution in [0.3, 0.4) is 0 Å². The number of methoxy groups -OCH3 is 2. The SMILES string of the molecule is COc1cc(C)c(NC(=O)c2ccc(=O)n(Cc3ccccc3)n2)cc1OC. The van der Waals surface area contributed by atoms with Gasteiger partial charge in [-0.3, -0.25) is 9.59 Å². The van der Waals surface area contributed by atoms with Crippen LogP contribution in [0.1, 0.15) is 21.6 Å². The summed E-state index contributed by atoms with van der Waals surface area (Å²) >= 11 is 0. The maximum atomic E-state index is 12.7. The Labute approximate surface area is 162 Å². The number of hydrogen-bond acceptors (Lipinski definition) is 5. The van der Waals surface area contributed by atoms with E-state index in [9.17, 15) is 9.59 Å². The zero-order valence-electron chi connectivity index (χ0n) is 15.9. The van der Waals surface area contributed by atoms with Crippen LogP contribution in [0.25, 0.3) is 0 Å². The molecule has 1 N–H and O–H groups in total. The van der Waals surface area contributed by atoms with E-state index in [0.29, 0.717) is 17.2 Å². The molecule has 0 saturated carbocycles. The van der Waals surface area contributed by atoms with Gasteiger partial charge in [-0.1, -0.05) is 30.3 Å². The first-order valence-electron chi connectivity index (χ1n) is 8.68. The van der Waals surface area contributed by atoms with Gasteiger partial charge < -0.3 is 14.8 Å². The Hall–Kier alpha value is -3.61. The number of benzene rings is 2. The molecule has 3 aromatic rings. The number of nitrogens with zero attached hydrogens (tertiary/aromatic N) is 2. The van der Waals surface area contributed by atoms with E-state index in [-0.39, 0.29) is 17.8 Å². The van der Waals surface area contributed by atoms with Crippen molar-refractivity contribution in [3.63, 3.8) is 0 Å². The number of hydrogen-bond donors (Lipinski definition) is 1. The number of ether oxygens (including phenoxy) is 2. The molecule has 0 radical (unpaired) electrons. The van der Waals surface area contributed by atoms with Gasteiger partial charge in [0.2, 0.25) is 0 Å². The molecule has 3 rings (SSSR count). The highest BCUT2D eigenvalue weighted by Gasteiger charge is 2.14. The van der Waals surface area contributed by atoms with E-state index in [0.717, 1.165) is 11.1 Å². The first-order chi connectivity index (χ1) is 13.5. The number of rotatable bonds is 6. The van der Waals surface area contributed by atoms with Gasteiger partial charge in [0, 0.05) is 17.8 Å². The summed E-state index contributed by atoms with van der Waals surface area (Å²) in [6.07, 6.45) is 0. The van der Waals surface area contributed by atoms with Gasteiger partial charge in [-0.25, -0.2) is 4.68 Å². The average Bonchev–Trinajstić information content (AvgIpc) is 2.71. The summed E-state index contributed by atoms with van der Waals surface area (Å²) < 4.78 is 11.8. The number of amides is 1. The van der Waals surface area contributed by atoms with E-state index < -0.39 is 5.91 Å². The maximum absolute atomic E-state index is 12.7. The summed E-state index contributed by atoms with van der Waals surface area (Å²) in [4.78, 5) is 24.8. The highest BCUT2D eigenvalue weighted by Crippen LogP contribution is 2.33. The van der Waals surface area contributed by atoms with E-state index in [1.54, 1.807) is 19.2 Å². The van der Waals surface area contributed by atoms with Gasteiger partial charge >= 0.3 is 0 Å². The highest BCUT2D eigenvalue weighted by atomic mass is 16.5. The van der Waals surface area contributed by atoms with Gasteiger partial charge in [0.15, 0.2) is 11.5 Å². The minimum Gasteiger partial charge on any atom is -0.493 e. The third-order valence-corrected chi connectivity index (χ3v) is 4.25. The Morgan fingerprint density at radius 1 is 1.04 bits per heavy atom. The van der Waals surface area contributed by atoms with Crippen molar-refractivity contribution in [2.24, 2.45) is 0 Å². The summed E-state index contributed by atoms with van der Waals surface area (Å²) in [7, 11) is 3.08. The molecule has 1 amide bonds. The first kappa shape index (κ1) is 19.2. The van der Waals surface area contributed by atoms with Crippen LogP contribution in [-0.2, 0) is 6.54 Å². The zero-order valence-corrected chi connectivity index (χ0v) is 15.9. The zero-order chi connectivity index (χ0) is 20.1. The summed E-state index contributed by atoms with van der Waals surface area (Å²) in [5.74, 6) is 0.662. The molecule has 1 heterocycles. The summed E-state index contributed by atoms with van der Waals surface area (Å²) in [5, 5.41) is 7.02. The smallest absolute Gasteiger partial charge is 0.276 e. The molecular weight excluding hydrogens is 358 g/mol. The Balaban J connectivity index is 1.85. The van der Waals surface area contributed by atoms with E-state index in [1.807, 2.05) is 37.3 Å². The second-order valence-corrected chi connectivity index (χ2v) is 6.18. The average molecular weight is 379 g/mol. The fourth-order valence-corrected chi connectivity index (χ4v) is 2.74. The molecule has 0 spiro atoms. The second-order valence-electron chi connectivity index (χ2n) is 6.18. The van der Waals surface area contributed by atoms with Crippen molar-refractivity contribution in [3.8, 4) is 11.5 Å². The molecule has 0 saturated heterocycles. The number of carbonyl (C=O) groups is 1. The van der Waals surface area contributed by atoms with Crippen LogP contribution in [0.5, 0.6) is 11.5 Å². The molecule has 0 bridgehead atoms. The largest absolute Gasteiger partial charge is 0.493 e. The van der Waals surface area contributed by atoms with Crippen molar-refractivity contribution in [1.82, 2.24) is 9.78 Å². The molecule has 0 aliphatic heterocycles. The number of anilines is 1. The lowest BCUT2D eigenvalue weighted by molar-refractivity contribution is 0.102. The van der Waals surface area contributed by atoms with E-state index in [4.69, 9.17) is 9.47 Å². The Morgan fingerprint density at radius 3 is 2.39 bits per heavy atom. The molecule has 7 heteroatoms. The number of aromatic nitrogens is 2. The molecule has 7 nitrogen and oxygen atoms in total. The van der Waals surface area contributed by atoms with Gasteiger partial charge in [0.05, 0.1) is 20.8 Å². The van der Waals surface area contributed by atoms with Crippen molar-refractivity contribution < 1.29 is 14.3 Å². The third kappa shape index (κ3) is 4.20. The number of carbonyl (C=O) groups excluding carboxylic acids is 1. The standard InChI is InChI=1S/C21H21N3O4/c1-14-11-18(27-2)19(28-3)12-17(14)22-21(26)16-9-10-20(25)24(23-16)13-15-7-5-4-6-8-15/h4-12H,13H2,1-3H3,(H,22,26). The lowest BCUT2D eigenvalue weighted by atomic mass is 10.1. The predicted molar refractivity (Wildman–Crippen MR) is 106 cm³/mol. The fraction of sp³-hybridized carbons (Fsp3) is 0.190. The molecule has 0 unspecified atom stereocenters. The monoisotopic (exact) mass is 379 g/mol. The fourth-order valence-electron chi connectivity index (χ4n) is 2.74. The molecule has 144 valence electrons. The summed E-state index contributed by atoms with van der Waals surface area (Å²) in [6.45, 7) is 2.14. The lowest BCUT2D eigenvalue weighted by Gasteiger charge is -2.14. The van der Waals surface area contributed by atoms with Crippen LogP contribution in [0.4, 0.5) is 5.69 Å². The molecule has 1 aromatic heterocycles. The first-order valence-corrected chi connectivity index (χ1v) is 8.68. The lowest BCUT2D eigenvalue weighted by Crippen LogP contribution is -2.26. The highest BCUT2D eigenvalue weighted by molar-refractivity contribution is 6.03. The van der Waals surface area contributed by atoms with Crippen LogP contribution >= 0.6 is 0 Å². The normalized spacial score (nSPS) is 10.4. The molecule has 28 heavy (non-hydrogen) atoms. The van der Waals surface area contributed by atoms with E-state index in [2.05, 4.69) is 10.4 Å². The molecule has 0 fully saturated rings. The van der Waals surface area contributed by atoms with Crippen LogP contribution in [0.15, 0.2) is 59.4 Å². The van der Waals surface area contributed by atoms with Gasteiger partial charge in [-0.15, -0.1) is 0 Å². The minimum absolute atomic E-state index is 0.143. The maximum Gasteiger partial charge on any atom is 0.276 e. The van der Waals surface area contributed by atoms with Crippen LogP contribution in [0, 0.1) is 6.92 Å². The predicted octanol–water partition coefficient (Wildman–Crippen LogP) is 2.87. The van der Waals surface area contributed by atoms with E-state index in [1.165, 1.54) is 23.9 Å². The third-order valence-electron chi connectivity index (χ3n) is 4.25. The Bertz CT molecular complexity index is 1050. The van der Waals surface area contributed by atoms with Crippen molar-refractivity contribution in [3.05, 3.63) is 81.8 Å². The molecular formula is C21H21N3O4. The van der Waals surface area contributed by atoms with Crippen molar-refractivity contribution in [2.45, 2.75) is 13.5 Å². The van der Waals surface area contributed by atoms with Crippen molar-refractivity contribution in [2.75, 3.05) is 19.5 Å². The minimum atomic E-state index is -0.419. The molecule has 0 aliphatic rings. The molecule has 0 aliphatic carbocycles. The van der Waals surface area contributed by atoms with Crippen molar-refractivity contribution in [1.29, 1.82) is 0 Å². The summed E-state index contributed by atoms with van der Waals surface area (Å²) in [5.41, 5.74) is 2.17. The molecule has 2 aromatic carbocycles. The quantitative estimate of drug-likeness (QED) is 0.712. The van der Waals surface area contributed by atoms with Gasteiger partial charge in [0.1, 0.15) is 5.69 Å².